The molecule has 0 aliphatic carbocycles. The van der Waals surface area contributed by atoms with Gasteiger partial charge in [0.05, 0.1) is 0 Å². The van der Waals surface area contributed by atoms with Gasteiger partial charge in [-0.2, -0.15) is 0 Å². The van der Waals surface area contributed by atoms with Crippen molar-refractivity contribution < 1.29 is 4.39 Å². The summed E-state index contributed by atoms with van der Waals surface area (Å²) in [6.07, 6.45) is 2.98. The lowest BCUT2D eigenvalue weighted by Gasteiger charge is -1.99. The van der Waals surface area contributed by atoms with Crippen LogP contribution >= 0.6 is 0 Å². The summed E-state index contributed by atoms with van der Waals surface area (Å²) in [6, 6.07) is 6.73. The molecule has 0 saturated heterocycles. The maximum Gasteiger partial charge on any atom is 0.123 e. The summed E-state index contributed by atoms with van der Waals surface area (Å²) in [4.78, 5) is 0. The number of unbranched alkanes of at least 4 members (excludes halogenated alkanes) is 1. The molecule has 1 aromatic carbocycles. The van der Waals surface area contributed by atoms with Gasteiger partial charge in [-0.05, 0) is 43.5 Å². The van der Waals surface area contributed by atoms with E-state index in [0.29, 0.717) is 0 Å². The zero-order chi connectivity index (χ0) is 8.81. The number of benzene rings is 1. The van der Waals surface area contributed by atoms with Gasteiger partial charge in [-0.15, -0.1) is 0 Å². The molecule has 0 bridgehead atoms. The van der Waals surface area contributed by atoms with Crippen LogP contribution in [0, 0.1) is 5.82 Å². The molecule has 0 aromatic heterocycles. The second-order valence-corrected chi connectivity index (χ2v) is 2.88. The number of hydrogen-bond donors (Lipinski definition) is 1. The first-order valence-corrected chi connectivity index (χ1v) is 4.27. The average Bonchev–Trinajstić information content (AvgIpc) is 2.05. The fourth-order valence-corrected chi connectivity index (χ4v) is 1.17. The number of halogens is 1. The minimum atomic E-state index is -0.153. The summed E-state index contributed by atoms with van der Waals surface area (Å²) < 4.78 is 12.7. The predicted octanol–water partition coefficient (Wildman–Crippen LogP) is 2.11. The van der Waals surface area contributed by atoms with E-state index in [0.717, 1.165) is 31.4 Å². The van der Waals surface area contributed by atoms with Crippen molar-refractivity contribution in [2.24, 2.45) is 5.73 Å². The van der Waals surface area contributed by atoms with Crippen LogP contribution in [0.4, 0.5) is 4.39 Å². The van der Waals surface area contributed by atoms with E-state index in [-0.39, 0.29) is 5.82 Å². The topological polar surface area (TPSA) is 26.0 Å². The van der Waals surface area contributed by atoms with E-state index in [1.165, 1.54) is 6.07 Å². The van der Waals surface area contributed by atoms with Crippen LogP contribution in [0.25, 0.3) is 0 Å². The molecule has 0 radical (unpaired) electrons. The van der Waals surface area contributed by atoms with Crippen LogP contribution in [0.3, 0.4) is 0 Å². The molecule has 2 heteroatoms. The molecule has 1 nitrogen and oxygen atoms in total. The number of aryl methyl sites for hydroxylation is 1. The third kappa shape index (κ3) is 3.01. The minimum absolute atomic E-state index is 0.153. The Morgan fingerprint density at radius 3 is 2.75 bits per heavy atom. The molecule has 0 heterocycles. The van der Waals surface area contributed by atoms with Crippen molar-refractivity contribution in [2.45, 2.75) is 19.3 Å². The molecule has 0 aliphatic heterocycles. The first kappa shape index (κ1) is 9.20. The quantitative estimate of drug-likeness (QED) is 0.683. The summed E-state index contributed by atoms with van der Waals surface area (Å²) in [5, 5.41) is 0. The van der Waals surface area contributed by atoms with E-state index in [4.69, 9.17) is 5.73 Å². The fourth-order valence-electron chi connectivity index (χ4n) is 1.17. The fraction of sp³-hybridized carbons (Fsp3) is 0.400. The van der Waals surface area contributed by atoms with Crippen molar-refractivity contribution in [3.05, 3.63) is 35.6 Å². The normalized spacial score (nSPS) is 10.2. The number of rotatable bonds is 4. The third-order valence-corrected chi connectivity index (χ3v) is 1.81. The van der Waals surface area contributed by atoms with Gasteiger partial charge in [0, 0.05) is 0 Å². The van der Waals surface area contributed by atoms with E-state index in [1.807, 2.05) is 6.07 Å². The molecule has 0 fully saturated rings. The standard InChI is InChI=1S/C10H14FN/c11-10-6-3-5-9(8-10)4-1-2-7-12/h3,5-6,8H,1-2,4,7,12H2. The average molecular weight is 167 g/mol. The van der Waals surface area contributed by atoms with E-state index >= 15 is 0 Å². The van der Waals surface area contributed by atoms with Gasteiger partial charge in [-0.3, -0.25) is 0 Å². The Morgan fingerprint density at radius 2 is 2.08 bits per heavy atom. The summed E-state index contributed by atoms with van der Waals surface area (Å²) in [7, 11) is 0. The van der Waals surface area contributed by atoms with E-state index in [1.54, 1.807) is 12.1 Å². The Labute approximate surface area is 72.4 Å². The highest BCUT2D eigenvalue weighted by Crippen LogP contribution is 2.06. The van der Waals surface area contributed by atoms with Gasteiger partial charge in [0.1, 0.15) is 5.82 Å². The van der Waals surface area contributed by atoms with Crippen LogP contribution < -0.4 is 5.73 Å². The van der Waals surface area contributed by atoms with Crippen molar-refractivity contribution in [2.75, 3.05) is 6.54 Å². The number of nitrogens with two attached hydrogens (primary N) is 1. The third-order valence-electron chi connectivity index (χ3n) is 1.81. The first-order valence-electron chi connectivity index (χ1n) is 4.27. The van der Waals surface area contributed by atoms with Crippen molar-refractivity contribution >= 4 is 0 Å². The Bertz CT molecular complexity index is 235. The minimum Gasteiger partial charge on any atom is -0.330 e. The Balaban J connectivity index is 2.41. The molecule has 1 aromatic rings. The highest BCUT2D eigenvalue weighted by Gasteiger charge is 1.94. The molecule has 66 valence electrons. The maximum absolute atomic E-state index is 12.7. The maximum atomic E-state index is 12.7. The lowest BCUT2D eigenvalue weighted by molar-refractivity contribution is 0.623. The molecule has 0 atom stereocenters. The van der Waals surface area contributed by atoms with Crippen molar-refractivity contribution in [3.63, 3.8) is 0 Å². The SMILES string of the molecule is NCCCCc1cccc(F)c1. The van der Waals surface area contributed by atoms with Crippen LogP contribution in [0.15, 0.2) is 24.3 Å². The molecule has 12 heavy (non-hydrogen) atoms. The predicted molar refractivity (Wildman–Crippen MR) is 48.4 cm³/mol. The number of hydrogen-bond acceptors (Lipinski definition) is 1. The largest absolute Gasteiger partial charge is 0.330 e. The van der Waals surface area contributed by atoms with Crippen molar-refractivity contribution in [1.82, 2.24) is 0 Å². The second kappa shape index (κ2) is 4.88. The van der Waals surface area contributed by atoms with Gasteiger partial charge in [0.15, 0.2) is 0 Å². The summed E-state index contributed by atoms with van der Waals surface area (Å²) in [5.74, 6) is -0.153. The highest BCUT2D eigenvalue weighted by molar-refractivity contribution is 5.16. The zero-order valence-corrected chi connectivity index (χ0v) is 7.09. The van der Waals surface area contributed by atoms with Crippen LogP contribution in [0.2, 0.25) is 0 Å². The summed E-state index contributed by atoms with van der Waals surface area (Å²) >= 11 is 0. The second-order valence-electron chi connectivity index (χ2n) is 2.88. The molecule has 1 rings (SSSR count). The Kier molecular flexibility index (Phi) is 3.74. The highest BCUT2D eigenvalue weighted by atomic mass is 19.1. The molecule has 0 spiro atoms. The molecular formula is C10H14FN. The van der Waals surface area contributed by atoms with Gasteiger partial charge < -0.3 is 5.73 Å². The Hall–Kier alpha value is -0.890. The van der Waals surface area contributed by atoms with Crippen molar-refractivity contribution in [1.29, 1.82) is 0 Å². The van der Waals surface area contributed by atoms with Crippen LogP contribution in [-0.2, 0) is 6.42 Å². The van der Waals surface area contributed by atoms with E-state index < -0.39 is 0 Å². The van der Waals surface area contributed by atoms with E-state index in [9.17, 15) is 4.39 Å². The Morgan fingerprint density at radius 1 is 1.25 bits per heavy atom. The zero-order valence-electron chi connectivity index (χ0n) is 7.09. The summed E-state index contributed by atoms with van der Waals surface area (Å²) in [5.41, 5.74) is 6.41. The molecule has 0 amide bonds. The van der Waals surface area contributed by atoms with Gasteiger partial charge in [0.2, 0.25) is 0 Å². The van der Waals surface area contributed by atoms with Crippen LogP contribution in [0.5, 0.6) is 0 Å². The molecular weight excluding hydrogens is 153 g/mol. The van der Waals surface area contributed by atoms with Gasteiger partial charge in [-0.25, -0.2) is 4.39 Å². The van der Waals surface area contributed by atoms with Gasteiger partial charge in [0.25, 0.3) is 0 Å². The van der Waals surface area contributed by atoms with Crippen LogP contribution in [-0.4, -0.2) is 6.54 Å². The smallest absolute Gasteiger partial charge is 0.123 e. The molecule has 0 saturated carbocycles. The van der Waals surface area contributed by atoms with Crippen molar-refractivity contribution in [3.8, 4) is 0 Å². The lowest BCUT2D eigenvalue weighted by Crippen LogP contribution is -1.98. The molecule has 2 N–H and O–H groups in total. The lowest BCUT2D eigenvalue weighted by atomic mass is 10.1. The first-order chi connectivity index (χ1) is 5.83. The van der Waals surface area contributed by atoms with Gasteiger partial charge >= 0.3 is 0 Å². The molecule has 0 unspecified atom stereocenters. The molecule has 0 aliphatic rings. The van der Waals surface area contributed by atoms with E-state index in [2.05, 4.69) is 0 Å². The monoisotopic (exact) mass is 167 g/mol. The summed E-state index contributed by atoms with van der Waals surface area (Å²) in [6.45, 7) is 0.718. The van der Waals surface area contributed by atoms with Gasteiger partial charge in [-0.1, -0.05) is 12.1 Å². The van der Waals surface area contributed by atoms with Crippen LogP contribution in [0.1, 0.15) is 18.4 Å².